The fourth-order valence-electron chi connectivity index (χ4n) is 1.91. The van der Waals surface area contributed by atoms with Crippen LogP contribution in [-0.4, -0.2) is 11.0 Å². The predicted molar refractivity (Wildman–Crippen MR) is 86.9 cm³/mol. The van der Waals surface area contributed by atoms with Gasteiger partial charge in [-0.25, -0.2) is 4.39 Å². The molecule has 2 aromatic rings. The third-order valence-electron chi connectivity index (χ3n) is 2.87. The fraction of sp³-hybridized carbons (Fsp3) is 0. The molecular formula is C14H8ClFN2OS2. The van der Waals surface area contributed by atoms with Crippen LogP contribution in [0.5, 0.6) is 0 Å². The minimum Gasteiger partial charge on any atom is -0.327 e. The normalized spacial score (nSPS) is 16.7. The average Bonchev–Trinajstić information content (AvgIpc) is 3.03. The molecular weight excluding hydrogens is 331 g/mol. The number of carbonyl (C=O) groups excluding carboxylic acids is 1. The van der Waals surface area contributed by atoms with Crippen molar-refractivity contribution in [2.45, 2.75) is 0 Å². The minimum atomic E-state index is -0.541. The molecule has 7 heteroatoms. The van der Waals surface area contributed by atoms with Crippen molar-refractivity contribution in [3.05, 3.63) is 57.1 Å². The number of rotatable bonds is 2. The van der Waals surface area contributed by atoms with Crippen molar-refractivity contribution in [3.8, 4) is 0 Å². The third-order valence-corrected chi connectivity index (χ3v) is 4.26. The van der Waals surface area contributed by atoms with Crippen molar-refractivity contribution in [2.75, 3.05) is 4.90 Å². The molecule has 1 fully saturated rings. The van der Waals surface area contributed by atoms with E-state index in [0.29, 0.717) is 11.4 Å². The van der Waals surface area contributed by atoms with E-state index in [0.717, 1.165) is 4.88 Å². The van der Waals surface area contributed by atoms with Gasteiger partial charge in [0.15, 0.2) is 5.11 Å². The molecule has 21 heavy (non-hydrogen) atoms. The molecule has 106 valence electrons. The molecule has 0 spiro atoms. The van der Waals surface area contributed by atoms with Gasteiger partial charge < -0.3 is 5.32 Å². The molecule has 3 nitrogen and oxygen atoms in total. The van der Waals surface area contributed by atoms with E-state index in [-0.39, 0.29) is 16.0 Å². The van der Waals surface area contributed by atoms with Gasteiger partial charge in [0.1, 0.15) is 11.5 Å². The van der Waals surface area contributed by atoms with Crippen LogP contribution in [0.25, 0.3) is 6.08 Å². The van der Waals surface area contributed by atoms with Gasteiger partial charge in [-0.3, -0.25) is 9.69 Å². The van der Waals surface area contributed by atoms with Gasteiger partial charge in [-0.2, -0.15) is 0 Å². The molecule has 1 saturated heterocycles. The van der Waals surface area contributed by atoms with E-state index >= 15 is 0 Å². The molecule has 1 amide bonds. The Bertz CT molecular complexity index is 758. The Labute approximate surface area is 134 Å². The number of thiocarbonyl (C=S) groups is 1. The van der Waals surface area contributed by atoms with Crippen LogP contribution >= 0.6 is 35.2 Å². The van der Waals surface area contributed by atoms with E-state index in [9.17, 15) is 9.18 Å². The smallest absolute Gasteiger partial charge is 0.281 e. The van der Waals surface area contributed by atoms with Crippen molar-refractivity contribution in [1.82, 2.24) is 5.32 Å². The standard InChI is InChI=1S/C14H8ClFN2OS2/c15-10-6-8(3-4-11(10)16)18-13(19)12(17-14(18)20)7-9-2-1-5-21-9/h1-7H,(H,17,20)/b12-7+. The third kappa shape index (κ3) is 2.70. The first kappa shape index (κ1) is 14.2. The summed E-state index contributed by atoms with van der Waals surface area (Å²) in [6.45, 7) is 0. The van der Waals surface area contributed by atoms with Crippen LogP contribution in [0, 0.1) is 5.82 Å². The molecule has 0 unspecified atom stereocenters. The topological polar surface area (TPSA) is 32.3 Å². The van der Waals surface area contributed by atoms with Gasteiger partial charge in [-0.1, -0.05) is 17.7 Å². The number of hydrogen-bond acceptors (Lipinski definition) is 3. The Morgan fingerprint density at radius 2 is 2.19 bits per heavy atom. The van der Waals surface area contributed by atoms with Gasteiger partial charge in [0.25, 0.3) is 5.91 Å². The Morgan fingerprint density at radius 3 is 2.86 bits per heavy atom. The van der Waals surface area contributed by atoms with Crippen molar-refractivity contribution < 1.29 is 9.18 Å². The monoisotopic (exact) mass is 338 g/mol. The van der Waals surface area contributed by atoms with E-state index in [4.69, 9.17) is 23.8 Å². The van der Waals surface area contributed by atoms with Gasteiger partial charge in [0.2, 0.25) is 0 Å². The lowest BCUT2D eigenvalue weighted by atomic mass is 10.2. The van der Waals surface area contributed by atoms with Crippen LogP contribution in [0.3, 0.4) is 0 Å². The molecule has 3 rings (SSSR count). The van der Waals surface area contributed by atoms with Crippen LogP contribution in [-0.2, 0) is 4.79 Å². The highest BCUT2D eigenvalue weighted by molar-refractivity contribution is 7.80. The zero-order valence-electron chi connectivity index (χ0n) is 10.5. The lowest BCUT2D eigenvalue weighted by Crippen LogP contribution is -2.30. The quantitative estimate of drug-likeness (QED) is 0.667. The first-order valence-corrected chi connectivity index (χ1v) is 7.58. The average molecular weight is 339 g/mol. The van der Waals surface area contributed by atoms with Gasteiger partial charge >= 0.3 is 0 Å². The van der Waals surface area contributed by atoms with Gasteiger partial charge in [0.05, 0.1) is 10.7 Å². The number of benzene rings is 1. The summed E-state index contributed by atoms with van der Waals surface area (Å²) in [6.07, 6.45) is 1.73. The zero-order chi connectivity index (χ0) is 15.0. The maximum atomic E-state index is 13.2. The molecule has 0 radical (unpaired) electrons. The van der Waals surface area contributed by atoms with E-state index in [2.05, 4.69) is 5.32 Å². The number of nitrogens with zero attached hydrogens (tertiary/aromatic N) is 1. The van der Waals surface area contributed by atoms with E-state index in [1.54, 1.807) is 6.08 Å². The molecule has 0 atom stereocenters. The molecule has 1 N–H and O–H groups in total. The Kier molecular flexibility index (Phi) is 3.75. The number of carbonyl (C=O) groups is 1. The largest absolute Gasteiger partial charge is 0.327 e. The van der Waals surface area contributed by atoms with Crippen LogP contribution in [0.15, 0.2) is 41.4 Å². The second-order valence-corrected chi connectivity index (χ2v) is 6.02. The first-order chi connectivity index (χ1) is 10.1. The lowest BCUT2D eigenvalue weighted by molar-refractivity contribution is -0.113. The van der Waals surface area contributed by atoms with Gasteiger partial charge in [0, 0.05) is 4.88 Å². The summed E-state index contributed by atoms with van der Waals surface area (Å²) in [7, 11) is 0. The van der Waals surface area contributed by atoms with Gasteiger partial charge in [-0.15, -0.1) is 11.3 Å². The van der Waals surface area contributed by atoms with E-state index < -0.39 is 5.82 Å². The van der Waals surface area contributed by atoms with Crippen LogP contribution in [0.2, 0.25) is 5.02 Å². The summed E-state index contributed by atoms with van der Waals surface area (Å²) in [5, 5.41) is 4.97. The summed E-state index contributed by atoms with van der Waals surface area (Å²) in [5.74, 6) is -0.837. The van der Waals surface area contributed by atoms with E-state index in [1.807, 2.05) is 17.5 Å². The second-order valence-electron chi connectivity index (χ2n) is 4.24. The molecule has 0 aliphatic carbocycles. The van der Waals surface area contributed by atoms with Crippen LogP contribution in [0.4, 0.5) is 10.1 Å². The zero-order valence-corrected chi connectivity index (χ0v) is 12.9. The SMILES string of the molecule is O=C1/C(=C\c2cccs2)NC(=S)N1c1ccc(F)c(Cl)c1. The summed E-state index contributed by atoms with van der Waals surface area (Å²) in [6, 6.07) is 7.83. The number of hydrogen-bond donors (Lipinski definition) is 1. The maximum Gasteiger partial charge on any atom is 0.281 e. The highest BCUT2D eigenvalue weighted by Gasteiger charge is 2.32. The van der Waals surface area contributed by atoms with Crippen molar-refractivity contribution in [3.63, 3.8) is 0 Å². The number of anilines is 1. The molecule has 1 aliphatic rings. The molecule has 2 heterocycles. The lowest BCUT2D eigenvalue weighted by Gasteiger charge is -2.14. The summed E-state index contributed by atoms with van der Waals surface area (Å²) in [5.41, 5.74) is 0.807. The fourth-order valence-corrected chi connectivity index (χ4v) is 3.04. The van der Waals surface area contributed by atoms with Crippen LogP contribution < -0.4 is 10.2 Å². The van der Waals surface area contributed by atoms with Crippen molar-refractivity contribution in [2.24, 2.45) is 0 Å². The van der Waals surface area contributed by atoms with Gasteiger partial charge in [-0.05, 0) is 47.9 Å². The summed E-state index contributed by atoms with van der Waals surface area (Å²) < 4.78 is 13.2. The molecule has 1 aromatic heterocycles. The summed E-state index contributed by atoms with van der Waals surface area (Å²) in [4.78, 5) is 14.6. The Hall–Kier alpha value is -1.76. The number of thiophene rings is 1. The maximum absolute atomic E-state index is 13.2. The Balaban J connectivity index is 1.95. The second kappa shape index (κ2) is 5.55. The van der Waals surface area contributed by atoms with E-state index in [1.165, 1.54) is 34.4 Å². The Morgan fingerprint density at radius 1 is 1.38 bits per heavy atom. The predicted octanol–water partition coefficient (Wildman–Crippen LogP) is 3.80. The van der Waals surface area contributed by atoms with Crippen LogP contribution in [0.1, 0.15) is 4.88 Å². The first-order valence-electron chi connectivity index (χ1n) is 5.92. The van der Waals surface area contributed by atoms with Crippen molar-refractivity contribution >= 4 is 57.9 Å². The number of nitrogens with one attached hydrogen (secondary N) is 1. The minimum absolute atomic E-state index is 0.0567. The highest BCUT2D eigenvalue weighted by Crippen LogP contribution is 2.27. The highest BCUT2D eigenvalue weighted by atomic mass is 35.5. The summed E-state index contributed by atoms with van der Waals surface area (Å²) >= 11 is 12.4. The molecule has 1 aromatic carbocycles. The molecule has 1 aliphatic heterocycles. The number of halogens is 2. The number of amides is 1. The van der Waals surface area contributed by atoms with Crippen molar-refractivity contribution in [1.29, 1.82) is 0 Å². The molecule has 0 saturated carbocycles. The molecule has 0 bridgehead atoms.